The molecule has 2 fully saturated rings. The Bertz CT molecular complexity index is 201. The highest BCUT2D eigenvalue weighted by atomic mass is 15.2. The third-order valence-corrected chi connectivity index (χ3v) is 5.00. The van der Waals surface area contributed by atoms with Gasteiger partial charge in [-0.3, -0.25) is 11.3 Å². The Hall–Kier alpha value is -0.0800. The van der Waals surface area contributed by atoms with E-state index in [-0.39, 0.29) is 0 Å². The monoisotopic (exact) mass is 210 g/mol. The minimum absolute atomic E-state index is 0.579. The van der Waals surface area contributed by atoms with Crippen molar-refractivity contribution in [1.29, 1.82) is 0 Å². The molecule has 3 N–H and O–H groups in total. The topological polar surface area (TPSA) is 38.0 Å². The molecule has 2 bridgehead atoms. The molecule has 0 aliphatic heterocycles. The molecule has 15 heavy (non-hydrogen) atoms. The zero-order chi connectivity index (χ0) is 10.8. The van der Waals surface area contributed by atoms with E-state index < -0.39 is 0 Å². The van der Waals surface area contributed by atoms with Crippen LogP contribution in [-0.2, 0) is 0 Å². The quantitative estimate of drug-likeness (QED) is 0.541. The summed E-state index contributed by atoms with van der Waals surface area (Å²) >= 11 is 0. The van der Waals surface area contributed by atoms with Crippen LogP contribution in [0.1, 0.15) is 52.4 Å². The molecular formula is C13H26N2. The normalized spacial score (nSPS) is 36.4. The van der Waals surface area contributed by atoms with Crippen LogP contribution in [0.5, 0.6) is 0 Å². The highest BCUT2D eigenvalue weighted by Gasteiger charge is 2.44. The Labute approximate surface area is 94.0 Å². The predicted molar refractivity (Wildman–Crippen MR) is 64.1 cm³/mol. The van der Waals surface area contributed by atoms with Crippen molar-refractivity contribution in [3.63, 3.8) is 0 Å². The first kappa shape index (κ1) is 11.4. The number of nitrogens with two attached hydrogens (primary N) is 1. The fourth-order valence-corrected chi connectivity index (χ4v) is 4.14. The molecule has 2 aliphatic carbocycles. The largest absolute Gasteiger partial charge is 0.271 e. The van der Waals surface area contributed by atoms with Gasteiger partial charge in [0, 0.05) is 6.04 Å². The zero-order valence-corrected chi connectivity index (χ0v) is 10.2. The van der Waals surface area contributed by atoms with Crippen LogP contribution in [0.25, 0.3) is 0 Å². The number of hydrogen-bond donors (Lipinski definition) is 2. The summed E-state index contributed by atoms with van der Waals surface area (Å²) in [5.74, 6) is 9.45. The van der Waals surface area contributed by atoms with E-state index in [1.807, 2.05) is 0 Å². The SMILES string of the molecule is CCC(CC)C(NN)C1CC2CCC1C2. The zero-order valence-electron chi connectivity index (χ0n) is 10.2. The Balaban J connectivity index is 2.00. The van der Waals surface area contributed by atoms with Gasteiger partial charge in [-0.25, -0.2) is 0 Å². The van der Waals surface area contributed by atoms with Gasteiger partial charge in [-0.2, -0.15) is 0 Å². The fraction of sp³-hybridized carbons (Fsp3) is 1.00. The van der Waals surface area contributed by atoms with Crippen molar-refractivity contribution in [3.8, 4) is 0 Å². The van der Waals surface area contributed by atoms with E-state index >= 15 is 0 Å². The van der Waals surface area contributed by atoms with Gasteiger partial charge in [0.1, 0.15) is 0 Å². The molecule has 0 spiro atoms. The van der Waals surface area contributed by atoms with Crippen molar-refractivity contribution >= 4 is 0 Å². The summed E-state index contributed by atoms with van der Waals surface area (Å²) in [7, 11) is 0. The van der Waals surface area contributed by atoms with E-state index in [0.29, 0.717) is 6.04 Å². The number of nitrogens with one attached hydrogen (secondary N) is 1. The molecule has 4 unspecified atom stereocenters. The van der Waals surface area contributed by atoms with Crippen LogP contribution >= 0.6 is 0 Å². The maximum Gasteiger partial charge on any atom is 0.0269 e. The van der Waals surface area contributed by atoms with Crippen molar-refractivity contribution in [3.05, 3.63) is 0 Å². The third-order valence-electron chi connectivity index (χ3n) is 5.00. The van der Waals surface area contributed by atoms with E-state index in [1.165, 1.54) is 38.5 Å². The predicted octanol–water partition coefficient (Wildman–Crippen LogP) is 2.69. The van der Waals surface area contributed by atoms with Crippen molar-refractivity contribution in [1.82, 2.24) is 5.43 Å². The molecule has 2 rings (SSSR count). The van der Waals surface area contributed by atoms with Gasteiger partial charge in [0.25, 0.3) is 0 Å². The lowest BCUT2D eigenvalue weighted by Crippen LogP contribution is -2.47. The van der Waals surface area contributed by atoms with Crippen molar-refractivity contribution < 1.29 is 0 Å². The molecule has 2 nitrogen and oxygen atoms in total. The molecule has 2 aliphatic rings. The molecule has 2 saturated carbocycles. The first-order chi connectivity index (χ1) is 7.30. The molecule has 0 aromatic heterocycles. The van der Waals surface area contributed by atoms with Gasteiger partial charge in [-0.1, -0.05) is 33.1 Å². The lowest BCUT2D eigenvalue weighted by Gasteiger charge is -2.35. The molecule has 0 radical (unpaired) electrons. The standard InChI is InChI=1S/C13H26N2/c1-3-10(4-2)13(15-14)12-8-9-5-6-11(12)7-9/h9-13,15H,3-8,14H2,1-2H3. The van der Waals surface area contributed by atoms with Gasteiger partial charge >= 0.3 is 0 Å². The van der Waals surface area contributed by atoms with Crippen LogP contribution in [-0.4, -0.2) is 6.04 Å². The maximum absolute atomic E-state index is 5.79. The molecule has 4 atom stereocenters. The second-order valence-electron chi connectivity index (χ2n) is 5.61. The average molecular weight is 210 g/mol. The van der Waals surface area contributed by atoms with E-state index in [2.05, 4.69) is 19.3 Å². The van der Waals surface area contributed by atoms with Crippen molar-refractivity contribution in [2.45, 2.75) is 58.4 Å². The molecule has 0 amide bonds. The van der Waals surface area contributed by atoms with Gasteiger partial charge in [0.05, 0.1) is 0 Å². The first-order valence-electron chi connectivity index (χ1n) is 6.76. The van der Waals surface area contributed by atoms with Gasteiger partial charge in [-0.05, 0) is 42.9 Å². The Morgan fingerprint density at radius 1 is 1.20 bits per heavy atom. The van der Waals surface area contributed by atoms with Crippen LogP contribution in [0.2, 0.25) is 0 Å². The highest BCUT2D eigenvalue weighted by Crippen LogP contribution is 2.50. The molecule has 2 heteroatoms. The minimum atomic E-state index is 0.579. The summed E-state index contributed by atoms with van der Waals surface area (Å²) in [6, 6.07) is 0.579. The van der Waals surface area contributed by atoms with Gasteiger partial charge in [-0.15, -0.1) is 0 Å². The fourth-order valence-electron chi connectivity index (χ4n) is 4.14. The van der Waals surface area contributed by atoms with Crippen LogP contribution in [0.15, 0.2) is 0 Å². The lowest BCUT2D eigenvalue weighted by atomic mass is 9.77. The summed E-state index contributed by atoms with van der Waals surface area (Å²) < 4.78 is 0. The lowest BCUT2D eigenvalue weighted by molar-refractivity contribution is 0.184. The number of fused-ring (bicyclic) bond motifs is 2. The molecule has 88 valence electrons. The summed E-state index contributed by atoms with van der Waals surface area (Å²) in [5, 5.41) is 0. The molecule has 0 saturated heterocycles. The van der Waals surface area contributed by atoms with E-state index in [4.69, 9.17) is 5.84 Å². The molecule has 0 heterocycles. The molecular weight excluding hydrogens is 184 g/mol. The summed E-state index contributed by atoms with van der Waals surface area (Å²) in [6.45, 7) is 4.59. The summed E-state index contributed by atoms with van der Waals surface area (Å²) in [6.07, 6.45) is 8.41. The van der Waals surface area contributed by atoms with Crippen LogP contribution in [0.3, 0.4) is 0 Å². The van der Waals surface area contributed by atoms with Crippen molar-refractivity contribution in [2.75, 3.05) is 0 Å². The van der Waals surface area contributed by atoms with Crippen LogP contribution in [0, 0.1) is 23.7 Å². The number of hydrazine groups is 1. The number of hydrogen-bond acceptors (Lipinski definition) is 2. The smallest absolute Gasteiger partial charge is 0.0269 e. The average Bonchev–Trinajstić information content (AvgIpc) is 2.87. The van der Waals surface area contributed by atoms with E-state index in [0.717, 1.165) is 23.7 Å². The summed E-state index contributed by atoms with van der Waals surface area (Å²) in [5.41, 5.74) is 3.13. The maximum atomic E-state index is 5.79. The third kappa shape index (κ3) is 2.07. The van der Waals surface area contributed by atoms with E-state index in [1.54, 1.807) is 0 Å². The van der Waals surface area contributed by atoms with Crippen molar-refractivity contribution in [2.24, 2.45) is 29.5 Å². The molecule has 0 aromatic rings. The summed E-state index contributed by atoms with van der Waals surface area (Å²) in [4.78, 5) is 0. The van der Waals surface area contributed by atoms with Gasteiger partial charge in [0.2, 0.25) is 0 Å². The Morgan fingerprint density at radius 3 is 2.33 bits per heavy atom. The first-order valence-corrected chi connectivity index (χ1v) is 6.76. The van der Waals surface area contributed by atoms with Gasteiger partial charge in [0.15, 0.2) is 0 Å². The Morgan fingerprint density at radius 2 is 1.93 bits per heavy atom. The molecule has 0 aromatic carbocycles. The second kappa shape index (κ2) is 4.84. The van der Waals surface area contributed by atoms with Gasteiger partial charge < -0.3 is 0 Å². The van der Waals surface area contributed by atoms with Crippen LogP contribution in [0.4, 0.5) is 0 Å². The minimum Gasteiger partial charge on any atom is -0.271 e. The second-order valence-corrected chi connectivity index (χ2v) is 5.61. The Kier molecular flexibility index (Phi) is 3.68. The van der Waals surface area contributed by atoms with Crippen LogP contribution < -0.4 is 11.3 Å². The van der Waals surface area contributed by atoms with E-state index in [9.17, 15) is 0 Å². The highest BCUT2D eigenvalue weighted by molar-refractivity contribution is 4.96. The number of rotatable bonds is 5.